The van der Waals surface area contributed by atoms with Gasteiger partial charge in [-0.15, -0.1) is 0 Å². The maximum atomic E-state index is 12.0. The number of nitrogens with one attached hydrogen (secondary N) is 1. The van der Waals surface area contributed by atoms with Gasteiger partial charge in [-0.2, -0.15) is 0 Å². The minimum atomic E-state index is -0.332. The van der Waals surface area contributed by atoms with Crippen LogP contribution in [0.15, 0.2) is 12.4 Å². The Kier molecular flexibility index (Phi) is 4.86. The second-order valence-electron chi connectivity index (χ2n) is 4.72. The van der Waals surface area contributed by atoms with Crippen LogP contribution in [0, 0.1) is 0 Å². The summed E-state index contributed by atoms with van der Waals surface area (Å²) in [5.41, 5.74) is 5.36. The number of aromatic nitrogens is 2. The molecule has 0 radical (unpaired) electrons. The number of nitrogens with zero attached hydrogens (tertiary/aromatic N) is 3. The van der Waals surface area contributed by atoms with Crippen LogP contribution in [0.1, 0.15) is 23.3 Å². The maximum Gasteiger partial charge on any atom is 0.271 e. The molecular weight excluding hydrogens is 282 g/mol. The average Bonchev–Trinajstić information content (AvgIpc) is 2.40. The van der Waals surface area contributed by atoms with Gasteiger partial charge in [0.05, 0.1) is 18.9 Å². The fourth-order valence-corrected chi connectivity index (χ4v) is 2.31. The normalized spacial score (nSPS) is 16.9. The molecule has 2 heterocycles. The largest absolute Gasteiger partial charge is 0.369 e. The van der Waals surface area contributed by atoms with Crippen LogP contribution in [-0.4, -0.2) is 52.4 Å². The molecule has 3 N–H and O–H groups in total. The van der Waals surface area contributed by atoms with E-state index in [1.54, 1.807) is 0 Å². The molecule has 1 aromatic heterocycles. The van der Waals surface area contributed by atoms with Gasteiger partial charge in [-0.25, -0.2) is 4.98 Å². The van der Waals surface area contributed by atoms with Crippen LogP contribution in [0.2, 0.25) is 5.15 Å². The van der Waals surface area contributed by atoms with E-state index in [-0.39, 0.29) is 35.2 Å². The molecule has 2 rings (SSSR count). The number of likely N-dealkylation sites (tertiary alicyclic amines) is 1. The van der Waals surface area contributed by atoms with Gasteiger partial charge in [-0.3, -0.25) is 19.5 Å². The Morgan fingerprint density at radius 1 is 1.40 bits per heavy atom. The molecule has 1 aromatic rings. The predicted octanol–water partition coefficient (Wildman–Crippen LogP) is -0.191. The zero-order chi connectivity index (χ0) is 14.5. The molecule has 0 bridgehead atoms. The van der Waals surface area contributed by atoms with Gasteiger partial charge in [0, 0.05) is 19.1 Å². The van der Waals surface area contributed by atoms with Crippen LogP contribution in [-0.2, 0) is 4.79 Å². The minimum absolute atomic E-state index is 0.0624. The van der Waals surface area contributed by atoms with Crippen LogP contribution < -0.4 is 11.1 Å². The number of halogens is 1. The summed E-state index contributed by atoms with van der Waals surface area (Å²) in [6, 6.07) is 0.0624. The lowest BCUT2D eigenvalue weighted by molar-refractivity contribution is -0.119. The lowest BCUT2D eigenvalue weighted by Crippen LogP contribution is -2.46. The average molecular weight is 298 g/mol. The summed E-state index contributed by atoms with van der Waals surface area (Å²) >= 11 is 5.70. The number of piperidine rings is 1. The van der Waals surface area contributed by atoms with E-state index in [1.807, 2.05) is 4.90 Å². The molecule has 20 heavy (non-hydrogen) atoms. The molecule has 7 nitrogen and oxygen atoms in total. The Hall–Kier alpha value is -1.73. The number of carbonyl (C=O) groups excluding carboxylic acids is 2. The molecular formula is C12H16ClN5O2. The van der Waals surface area contributed by atoms with Crippen molar-refractivity contribution in [1.82, 2.24) is 20.2 Å². The fraction of sp³-hybridized carbons (Fsp3) is 0.500. The number of hydrogen-bond acceptors (Lipinski definition) is 5. The van der Waals surface area contributed by atoms with E-state index in [0.29, 0.717) is 0 Å². The third-order valence-electron chi connectivity index (χ3n) is 3.14. The Morgan fingerprint density at radius 3 is 2.70 bits per heavy atom. The molecule has 0 saturated carbocycles. The quantitative estimate of drug-likeness (QED) is 0.802. The monoisotopic (exact) mass is 297 g/mol. The van der Waals surface area contributed by atoms with E-state index in [9.17, 15) is 9.59 Å². The Bertz CT molecular complexity index is 502. The molecule has 0 aromatic carbocycles. The van der Waals surface area contributed by atoms with E-state index in [4.69, 9.17) is 17.3 Å². The highest BCUT2D eigenvalue weighted by Crippen LogP contribution is 2.11. The zero-order valence-corrected chi connectivity index (χ0v) is 11.6. The molecule has 8 heteroatoms. The lowest BCUT2D eigenvalue weighted by Gasteiger charge is -2.31. The van der Waals surface area contributed by atoms with Gasteiger partial charge in [0.15, 0.2) is 0 Å². The number of carbonyl (C=O) groups is 2. The van der Waals surface area contributed by atoms with E-state index in [0.717, 1.165) is 25.9 Å². The first-order valence-electron chi connectivity index (χ1n) is 6.33. The standard InChI is InChI=1S/C12H16ClN5O2/c13-10-6-15-5-9(17-10)12(20)16-8-1-3-18(4-2-8)7-11(14)19/h5-6,8H,1-4,7H2,(H2,14,19)(H,16,20). The second-order valence-corrected chi connectivity index (χ2v) is 5.10. The van der Waals surface area contributed by atoms with Crippen molar-refractivity contribution in [3.05, 3.63) is 23.2 Å². The van der Waals surface area contributed by atoms with Gasteiger partial charge >= 0.3 is 0 Å². The van der Waals surface area contributed by atoms with E-state index < -0.39 is 0 Å². The van der Waals surface area contributed by atoms with Crippen molar-refractivity contribution < 1.29 is 9.59 Å². The summed E-state index contributed by atoms with van der Waals surface area (Å²) in [5, 5.41) is 3.08. The molecule has 0 atom stereocenters. The highest BCUT2D eigenvalue weighted by atomic mass is 35.5. The van der Waals surface area contributed by atoms with Crippen molar-refractivity contribution in [3.8, 4) is 0 Å². The highest BCUT2D eigenvalue weighted by molar-refractivity contribution is 6.29. The summed E-state index contributed by atoms with van der Waals surface area (Å²) in [7, 11) is 0. The van der Waals surface area contributed by atoms with Gasteiger partial charge in [-0.05, 0) is 12.8 Å². The van der Waals surface area contributed by atoms with Gasteiger partial charge in [0.1, 0.15) is 10.8 Å². The van der Waals surface area contributed by atoms with Crippen LogP contribution in [0.3, 0.4) is 0 Å². The first-order valence-corrected chi connectivity index (χ1v) is 6.71. The minimum Gasteiger partial charge on any atom is -0.369 e. The van der Waals surface area contributed by atoms with Gasteiger partial charge in [0.2, 0.25) is 5.91 Å². The fourth-order valence-electron chi connectivity index (χ4n) is 2.17. The summed E-state index contributed by atoms with van der Waals surface area (Å²) in [6.07, 6.45) is 4.30. The Labute approximate surface area is 121 Å². The number of rotatable bonds is 4. The second kappa shape index (κ2) is 6.62. The van der Waals surface area contributed by atoms with Crippen molar-refractivity contribution in [3.63, 3.8) is 0 Å². The topological polar surface area (TPSA) is 101 Å². The van der Waals surface area contributed by atoms with E-state index in [1.165, 1.54) is 12.4 Å². The van der Waals surface area contributed by atoms with Crippen LogP contribution in [0.4, 0.5) is 0 Å². The summed E-state index contributed by atoms with van der Waals surface area (Å²) in [4.78, 5) is 32.5. The first-order chi connectivity index (χ1) is 9.54. The third kappa shape index (κ3) is 4.14. The van der Waals surface area contributed by atoms with Gasteiger partial charge < -0.3 is 11.1 Å². The lowest BCUT2D eigenvalue weighted by atomic mass is 10.0. The maximum absolute atomic E-state index is 12.0. The molecule has 1 fully saturated rings. The highest BCUT2D eigenvalue weighted by Gasteiger charge is 2.22. The Morgan fingerprint density at radius 2 is 2.10 bits per heavy atom. The molecule has 108 valence electrons. The SMILES string of the molecule is NC(=O)CN1CCC(NC(=O)c2cncc(Cl)n2)CC1. The first kappa shape index (κ1) is 14.7. The third-order valence-corrected chi connectivity index (χ3v) is 3.32. The van der Waals surface area contributed by atoms with Crippen molar-refractivity contribution in [2.75, 3.05) is 19.6 Å². The molecule has 0 unspecified atom stereocenters. The number of hydrogen-bond donors (Lipinski definition) is 2. The van der Waals surface area contributed by atoms with E-state index >= 15 is 0 Å². The predicted molar refractivity (Wildman–Crippen MR) is 73.2 cm³/mol. The number of primary amides is 1. The molecule has 1 saturated heterocycles. The van der Waals surface area contributed by atoms with Crippen molar-refractivity contribution in [1.29, 1.82) is 0 Å². The molecule has 2 amide bonds. The smallest absolute Gasteiger partial charge is 0.271 e. The molecule has 0 spiro atoms. The number of nitrogens with two attached hydrogens (primary N) is 1. The summed E-state index contributed by atoms with van der Waals surface area (Å²) < 4.78 is 0. The summed E-state index contributed by atoms with van der Waals surface area (Å²) in [5.74, 6) is -0.616. The number of amides is 2. The van der Waals surface area contributed by atoms with Crippen molar-refractivity contribution >= 4 is 23.4 Å². The van der Waals surface area contributed by atoms with Gasteiger partial charge in [0.25, 0.3) is 5.91 Å². The molecule has 0 aliphatic carbocycles. The van der Waals surface area contributed by atoms with Crippen molar-refractivity contribution in [2.24, 2.45) is 5.73 Å². The molecule has 1 aliphatic rings. The van der Waals surface area contributed by atoms with Gasteiger partial charge in [-0.1, -0.05) is 11.6 Å². The van der Waals surface area contributed by atoms with Crippen LogP contribution >= 0.6 is 11.6 Å². The Balaban J connectivity index is 1.83. The zero-order valence-electron chi connectivity index (χ0n) is 10.9. The molecule has 1 aliphatic heterocycles. The van der Waals surface area contributed by atoms with E-state index in [2.05, 4.69) is 15.3 Å². The summed E-state index contributed by atoms with van der Waals surface area (Å²) in [6.45, 7) is 1.73. The van der Waals surface area contributed by atoms with Crippen LogP contribution in [0.5, 0.6) is 0 Å². The van der Waals surface area contributed by atoms with Crippen molar-refractivity contribution in [2.45, 2.75) is 18.9 Å². The van der Waals surface area contributed by atoms with Crippen LogP contribution in [0.25, 0.3) is 0 Å².